The van der Waals surface area contributed by atoms with E-state index in [0.717, 1.165) is 4.88 Å². The Balaban J connectivity index is 1.96. The second kappa shape index (κ2) is 9.18. The number of nitrogens with one attached hydrogen (secondary N) is 1. The van der Waals surface area contributed by atoms with Gasteiger partial charge in [-0.25, -0.2) is 0 Å². The van der Waals surface area contributed by atoms with E-state index in [1.165, 1.54) is 11.1 Å². The Labute approximate surface area is 172 Å². The zero-order valence-electron chi connectivity index (χ0n) is 16.8. The molecule has 0 radical (unpaired) electrons. The summed E-state index contributed by atoms with van der Waals surface area (Å²) in [5.41, 5.74) is 2.12. The topological polar surface area (TPSA) is 32.3 Å². The van der Waals surface area contributed by atoms with E-state index in [0.29, 0.717) is 13.1 Å². The summed E-state index contributed by atoms with van der Waals surface area (Å²) in [5.74, 6) is 0.0433. The maximum Gasteiger partial charge on any atom is 0.243 e. The van der Waals surface area contributed by atoms with Crippen LogP contribution in [0.25, 0.3) is 0 Å². The molecule has 4 heteroatoms. The van der Waals surface area contributed by atoms with Crippen molar-refractivity contribution in [1.29, 1.82) is 0 Å². The van der Waals surface area contributed by atoms with Crippen molar-refractivity contribution in [3.63, 3.8) is 0 Å². The SMILES string of the molecule is CC(C)(C)NC(=O)C(c1cccs1)N(Cc1ccccc1)Cc1ccccc1. The van der Waals surface area contributed by atoms with Gasteiger partial charge in [-0.05, 0) is 43.3 Å². The van der Waals surface area contributed by atoms with Crippen molar-refractivity contribution < 1.29 is 4.79 Å². The molecule has 146 valence electrons. The van der Waals surface area contributed by atoms with E-state index in [-0.39, 0.29) is 17.5 Å². The van der Waals surface area contributed by atoms with Crippen molar-refractivity contribution in [3.8, 4) is 0 Å². The molecule has 1 amide bonds. The van der Waals surface area contributed by atoms with Crippen LogP contribution in [0.4, 0.5) is 0 Å². The third-order valence-corrected chi connectivity index (χ3v) is 5.31. The lowest BCUT2D eigenvalue weighted by molar-refractivity contribution is -0.128. The molecule has 1 N–H and O–H groups in total. The number of carbonyl (C=O) groups is 1. The van der Waals surface area contributed by atoms with Gasteiger partial charge < -0.3 is 5.32 Å². The van der Waals surface area contributed by atoms with Gasteiger partial charge in [0, 0.05) is 23.5 Å². The van der Waals surface area contributed by atoms with Crippen molar-refractivity contribution in [1.82, 2.24) is 10.2 Å². The average molecular weight is 393 g/mol. The Morgan fingerprint density at radius 3 is 1.86 bits per heavy atom. The van der Waals surface area contributed by atoms with Gasteiger partial charge in [0.25, 0.3) is 0 Å². The molecule has 0 fully saturated rings. The van der Waals surface area contributed by atoms with Crippen LogP contribution in [0.1, 0.15) is 42.8 Å². The van der Waals surface area contributed by atoms with E-state index in [2.05, 4.69) is 40.5 Å². The van der Waals surface area contributed by atoms with Crippen molar-refractivity contribution in [2.45, 2.75) is 45.4 Å². The smallest absolute Gasteiger partial charge is 0.243 e. The number of hydrogen-bond acceptors (Lipinski definition) is 3. The van der Waals surface area contributed by atoms with Gasteiger partial charge in [0.2, 0.25) is 5.91 Å². The number of benzene rings is 2. The van der Waals surface area contributed by atoms with Crippen molar-refractivity contribution >= 4 is 17.2 Å². The van der Waals surface area contributed by atoms with E-state index in [1.54, 1.807) is 11.3 Å². The third-order valence-electron chi connectivity index (χ3n) is 4.38. The molecular weight excluding hydrogens is 364 g/mol. The molecule has 1 aromatic heterocycles. The number of carbonyl (C=O) groups excluding carboxylic acids is 1. The normalized spacial score (nSPS) is 12.7. The summed E-state index contributed by atoms with van der Waals surface area (Å²) in [5, 5.41) is 5.22. The molecular formula is C24H28N2OS. The highest BCUT2D eigenvalue weighted by Crippen LogP contribution is 2.29. The first-order valence-electron chi connectivity index (χ1n) is 9.60. The van der Waals surface area contributed by atoms with Crippen LogP contribution in [0.3, 0.4) is 0 Å². The second-order valence-corrected chi connectivity index (χ2v) is 9.01. The lowest BCUT2D eigenvalue weighted by atomic mass is 10.1. The van der Waals surface area contributed by atoms with E-state index in [9.17, 15) is 4.79 Å². The van der Waals surface area contributed by atoms with E-state index in [4.69, 9.17) is 0 Å². The van der Waals surface area contributed by atoms with Crippen LogP contribution in [0.2, 0.25) is 0 Å². The molecule has 1 heterocycles. The third kappa shape index (κ3) is 5.78. The molecule has 0 saturated heterocycles. The zero-order chi connectivity index (χ0) is 20.0. The fourth-order valence-corrected chi connectivity index (χ4v) is 4.09. The van der Waals surface area contributed by atoms with Gasteiger partial charge in [-0.2, -0.15) is 0 Å². The maximum absolute atomic E-state index is 13.3. The summed E-state index contributed by atoms with van der Waals surface area (Å²) < 4.78 is 0. The predicted octanol–water partition coefficient (Wildman–Crippen LogP) is 5.41. The second-order valence-electron chi connectivity index (χ2n) is 8.03. The van der Waals surface area contributed by atoms with E-state index in [1.807, 2.05) is 68.6 Å². The van der Waals surface area contributed by atoms with Crippen LogP contribution in [-0.2, 0) is 17.9 Å². The molecule has 3 aromatic rings. The van der Waals surface area contributed by atoms with Crippen LogP contribution >= 0.6 is 11.3 Å². The van der Waals surface area contributed by atoms with Crippen molar-refractivity contribution in [2.24, 2.45) is 0 Å². The lowest BCUT2D eigenvalue weighted by Crippen LogP contribution is -2.47. The molecule has 0 saturated carbocycles. The minimum absolute atomic E-state index is 0.0433. The van der Waals surface area contributed by atoms with Gasteiger partial charge in [-0.1, -0.05) is 66.7 Å². The fraction of sp³-hybridized carbons (Fsp3) is 0.292. The van der Waals surface area contributed by atoms with Crippen LogP contribution in [0, 0.1) is 0 Å². The molecule has 0 spiro atoms. The van der Waals surface area contributed by atoms with Gasteiger partial charge in [0.1, 0.15) is 6.04 Å². The van der Waals surface area contributed by atoms with Crippen molar-refractivity contribution in [3.05, 3.63) is 94.2 Å². The number of thiophene rings is 1. The van der Waals surface area contributed by atoms with Crippen LogP contribution in [0.5, 0.6) is 0 Å². The van der Waals surface area contributed by atoms with Gasteiger partial charge in [-0.15, -0.1) is 11.3 Å². The Bertz CT molecular complexity index is 813. The predicted molar refractivity (Wildman–Crippen MR) is 117 cm³/mol. The summed E-state index contributed by atoms with van der Waals surface area (Å²) in [6, 6.07) is 24.4. The lowest BCUT2D eigenvalue weighted by Gasteiger charge is -2.33. The molecule has 0 aliphatic carbocycles. The number of nitrogens with zero attached hydrogens (tertiary/aromatic N) is 1. The van der Waals surface area contributed by atoms with Crippen LogP contribution in [-0.4, -0.2) is 16.3 Å². The highest BCUT2D eigenvalue weighted by molar-refractivity contribution is 7.10. The number of hydrogen-bond donors (Lipinski definition) is 1. The molecule has 1 atom stereocenters. The molecule has 28 heavy (non-hydrogen) atoms. The van der Waals surface area contributed by atoms with Gasteiger partial charge in [-0.3, -0.25) is 9.69 Å². The minimum atomic E-state index is -0.334. The molecule has 0 aliphatic rings. The van der Waals surface area contributed by atoms with Crippen LogP contribution < -0.4 is 5.32 Å². The highest BCUT2D eigenvalue weighted by atomic mass is 32.1. The largest absolute Gasteiger partial charge is 0.350 e. The van der Waals surface area contributed by atoms with E-state index < -0.39 is 0 Å². The van der Waals surface area contributed by atoms with Gasteiger partial charge >= 0.3 is 0 Å². The quantitative estimate of drug-likeness (QED) is 0.583. The molecule has 2 aromatic carbocycles. The molecule has 1 unspecified atom stereocenters. The van der Waals surface area contributed by atoms with E-state index >= 15 is 0 Å². The molecule has 0 bridgehead atoms. The van der Waals surface area contributed by atoms with Gasteiger partial charge in [0.15, 0.2) is 0 Å². The Morgan fingerprint density at radius 1 is 0.893 bits per heavy atom. The number of amides is 1. The summed E-state index contributed by atoms with van der Waals surface area (Å²) in [4.78, 5) is 16.7. The first kappa shape index (κ1) is 20.3. The minimum Gasteiger partial charge on any atom is -0.350 e. The molecule has 3 rings (SSSR count). The Kier molecular flexibility index (Phi) is 6.65. The Morgan fingerprint density at radius 2 is 1.43 bits per heavy atom. The Hall–Kier alpha value is -2.43. The standard InChI is InChI=1S/C24H28N2OS/c1-24(2,3)25-23(27)22(21-15-10-16-28-21)26(17-19-11-6-4-7-12-19)18-20-13-8-5-9-14-20/h4-16,22H,17-18H2,1-3H3,(H,25,27). The van der Waals surface area contributed by atoms with Gasteiger partial charge in [0.05, 0.1) is 0 Å². The summed E-state index contributed by atoms with van der Waals surface area (Å²) >= 11 is 1.63. The summed E-state index contributed by atoms with van der Waals surface area (Å²) in [6.07, 6.45) is 0. The number of rotatable bonds is 7. The zero-order valence-corrected chi connectivity index (χ0v) is 17.6. The first-order chi connectivity index (χ1) is 13.4. The summed E-state index contributed by atoms with van der Waals surface area (Å²) in [6.45, 7) is 7.48. The highest BCUT2D eigenvalue weighted by Gasteiger charge is 2.31. The average Bonchev–Trinajstić information content (AvgIpc) is 3.16. The summed E-state index contributed by atoms with van der Waals surface area (Å²) in [7, 11) is 0. The maximum atomic E-state index is 13.3. The fourth-order valence-electron chi connectivity index (χ4n) is 3.23. The van der Waals surface area contributed by atoms with Crippen LogP contribution in [0.15, 0.2) is 78.2 Å². The molecule has 0 aliphatic heterocycles. The first-order valence-corrected chi connectivity index (χ1v) is 10.5. The van der Waals surface area contributed by atoms with Crippen molar-refractivity contribution in [2.75, 3.05) is 0 Å². The molecule has 3 nitrogen and oxygen atoms in total. The monoisotopic (exact) mass is 392 g/mol.